The fraction of sp³-hybridized carbons (Fsp3) is 0.387. The van der Waals surface area contributed by atoms with Crippen molar-refractivity contribution in [3.8, 4) is 6.07 Å². The molecule has 0 spiro atoms. The third-order valence-corrected chi connectivity index (χ3v) is 8.42. The first-order valence-electron chi connectivity index (χ1n) is 14.3. The van der Waals surface area contributed by atoms with E-state index in [1.54, 1.807) is 25.1 Å². The summed E-state index contributed by atoms with van der Waals surface area (Å²) in [6, 6.07) is 11.2. The van der Waals surface area contributed by atoms with Gasteiger partial charge in [-0.25, -0.2) is 19.3 Å². The van der Waals surface area contributed by atoms with Gasteiger partial charge in [0, 0.05) is 49.4 Å². The van der Waals surface area contributed by atoms with Crippen LogP contribution in [0.4, 0.5) is 24.8 Å². The van der Waals surface area contributed by atoms with Crippen molar-refractivity contribution in [1.82, 2.24) is 20.1 Å². The summed E-state index contributed by atoms with van der Waals surface area (Å²) in [7, 11) is 5.44. The standard InChI is InChI=1S/C30H32F3N7O3.CH2O2/c1-18-25(27(41)43-4)26(24-9-8-19(16-34)14-20(24)17-40(2,3)23-10-12-35-13-11-23)39-28(36-37-29(39)42)38(18)22-7-5-6-21(15-22)30(31,32)33;2-1-3/h5-9,14-15,23,26,35H,10-13,17H2,1-4H3;1H,(H,2,3). The molecule has 12 nitrogen and oxygen atoms in total. The molecule has 1 aromatic heterocycles. The molecule has 1 atom stereocenters. The van der Waals surface area contributed by atoms with Gasteiger partial charge in [0.25, 0.3) is 0 Å². The number of nitrogens with zero attached hydrogens (tertiary/aromatic N) is 5. The quantitative estimate of drug-likeness (QED) is 0.234. The van der Waals surface area contributed by atoms with Crippen molar-refractivity contribution in [3.63, 3.8) is 0 Å². The van der Waals surface area contributed by atoms with Crippen molar-refractivity contribution in [2.24, 2.45) is 0 Å². The first-order valence-corrected chi connectivity index (χ1v) is 14.3. The maximum atomic E-state index is 13.6. The molecule has 1 saturated heterocycles. The highest BCUT2D eigenvalue weighted by atomic mass is 19.4. The summed E-state index contributed by atoms with van der Waals surface area (Å²) in [6.07, 6.45) is -2.68. The number of H-pyrrole nitrogens is 1. The molecule has 2 aromatic carbocycles. The second-order valence-corrected chi connectivity index (χ2v) is 11.5. The van der Waals surface area contributed by atoms with Gasteiger partial charge in [-0.3, -0.25) is 4.90 Å². The van der Waals surface area contributed by atoms with Gasteiger partial charge < -0.3 is 24.4 Å². The average molecular weight is 642 g/mol. The number of allylic oxidation sites excluding steroid dienone is 1. The van der Waals surface area contributed by atoms with Crippen LogP contribution >= 0.6 is 0 Å². The van der Waals surface area contributed by atoms with Crippen molar-refractivity contribution in [1.29, 1.82) is 5.26 Å². The number of carbonyl (C=O) groups excluding carboxylic acids is 2. The lowest BCUT2D eigenvalue weighted by molar-refractivity contribution is -0.929. The highest BCUT2D eigenvalue weighted by Gasteiger charge is 2.42. The number of piperidine rings is 1. The normalized spacial score (nSPS) is 17.0. The first-order chi connectivity index (χ1) is 21.8. The summed E-state index contributed by atoms with van der Waals surface area (Å²) in [4.78, 5) is 36.5. The number of hydrogen-bond acceptors (Lipinski definition) is 9. The largest absolute Gasteiger partial charge is 0.554 e. The minimum Gasteiger partial charge on any atom is -0.554 e. The lowest BCUT2D eigenvalue weighted by atomic mass is 9.89. The van der Waals surface area contributed by atoms with Gasteiger partial charge in [-0.05, 0) is 42.8 Å². The molecule has 244 valence electrons. The van der Waals surface area contributed by atoms with Crippen LogP contribution in [-0.2, 0) is 27.0 Å². The van der Waals surface area contributed by atoms with E-state index in [4.69, 9.17) is 14.6 Å². The molecular formula is C31H34F3N7O5. The number of quaternary nitrogens is 1. The molecule has 5 rings (SSSR count). The Morgan fingerprint density at radius 3 is 2.50 bits per heavy atom. The summed E-state index contributed by atoms with van der Waals surface area (Å²) < 4.78 is 48.0. The van der Waals surface area contributed by atoms with Crippen LogP contribution in [0.3, 0.4) is 0 Å². The molecule has 3 heterocycles. The number of carbonyl (C=O) groups is 2. The zero-order chi connectivity index (χ0) is 33.8. The number of anilines is 2. The highest BCUT2D eigenvalue weighted by Crippen LogP contribution is 2.44. The zero-order valence-corrected chi connectivity index (χ0v) is 25.7. The monoisotopic (exact) mass is 641 g/mol. The second kappa shape index (κ2) is 13.6. The number of methoxy groups -OCH3 is 1. The molecule has 0 bridgehead atoms. The molecule has 46 heavy (non-hydrogen) atoms. The number of halogens is 3. The Morgan fingerprint density at radius 1 is 1.22 bits per heavy atom. The van der Waals surface area contributed by atoms with Gasteiger partial charge >= 0.3 is 17.8 Å². The fourth-order valence-corrected chi connectivity index (χ4v) is 6.23. The summed E-state index contributed by atoms with van der Waals surface area (Å²) in [5.41, 5.74) is 0.603. The number of esters is 1. The van der Waals surface area contributed by atoms with Crippen molar-refractivity contribution in [2.75, 3.05) is 39.2 Å². The van der Waals surface area contributed by atoms with E-state index in [9.17, 15) is 28.0 Å². The first kappa shape index (κ1) is 33.9. The fourth-order valence-electron chi connectivity index (χ4n) is 6.23. The number of nitrogens with one attached hydrogen (secondary N) is 2. The number of hydrogen-bond donors (Lipinski definition) is 2. The van der Waals surface area contributed by atoms with E-state index in [0.29, 0.717) is 28.2 Å². The maximum absolute atomic E-state index is 13.6. The molecule has 0 amide bonds. The molecule has 0 aliphatic carbocycles. The Kier molecular flexibility index (Phi) is 10.0. The Morgan fingerprint density at radius 2 is 1.89 bits per heavy atom. The number of rotatable bonds is 6. The van der Waals surface area contributed by atoms with Gasteiger partial charge in [-0.15, -0.1) is 5.10 Å². The lowest BCUT2D eigenvalue weighted by Crippen LogP contribution is -2.52. The summed E-state index contributed by atoms with van der Waals surface area (Å²) >= 11 is 0. The van der Waals surface area contributed by atoms with E-state index in [1.165, 1.54) is 28.7 Å². The number of benzene rings is 2. The molecule has 0 radical (unpaired) electrons. The van der Waals surface area contributed by atoms with Crippen LogP contribution in [0.1, 0.15) is 48.1 Å². The van der Waals surface area contributed by atoms with E-state index in [-0.39, 0.29) is 22.9 Å². The minimum absolute atomic E-state index is 0.0156. The SMILES string of the molecule is COC(=O)C1=C(C)N(c2cccc(C(F)(F)F)c2)c2n[nH]c(=O)n2C1c1ccc(C#N)cc1C[N+](C)(C)C1CCNCC1.O=C[O-]. The van der Waals surface area contributed by atoms with E-state index < -0.39 is 35.9 Å². The van der Waals surface area contributed by atoms with Gasteiger partial charge in [0.1, 0.15) is 12.6 Å². The predicted octanol–water partition coefficient (Wildman–Crippen LogP) is 2.34. The van der Waals surface area contributed by atoms with Gasteiger partial charge in [-0.1, -0.05) is 12.1 Å². The Balaban J connectivity index is 0.00000154. The van der Waals surface area contributed by atoms with E-state index >= 15 is 0 Å². The Bertz CT molecular complexity index is 1730. The van der Waals surface area contributed by atoms with Crippen LogP contribution in [0.15, 0.2) is 58.5 Å². The van der Waals surface area contributed by atoms with Crippen molar-refractivity contribution in [2.45, 2.75) is 44.6 Å². The summed E-state index contributed by atoms with van der Waals surface area (Å²) in [5.74, 6) is -0.734. The molecule has 2 aliphatic rings. The topological polar surface area (TPSA) is 156 Å². The Hall–Kier alpha value is -4.94. The Labute approximate surface area is 262 Å². The minimum atomic E-state index is -4.61. The second-order valence-electron chi connectivity index (χ2n) is 11.5. The summed E-state index contributed by atoms with van der Waals surface area (Å²) in [6.45, 7) is 3.38. The van der Waals surface area contributed by atoms with Gasteiger partial charge in [0.05, 0.1) is 50.0 Å². The summed E-state index contributed by atoms with van der Waals surface area (Å²) in [5, 5.41) is 28.0. The number of fused-ring (bicyclic) bond motifs is 1. The van der Waals surface area contributed by atoms with Crippen LogP contribution < -0.4 is 21.0 Å². The van der Waals surface area contributed by atoms with Gasteiger partial charge in [-0.2, -0.15) is 18.4 Å². The van der Waals surface area contributed by atoms with E-state index in [2.05, 4.69) is 35.7 Å². The van der Waals surface area contributed by atoms with Crippen LogP contribution in [0, 0.1) is 11.3 Å². The number of carboxylic acid groups (broad SMARTS) is 1. The van der Waals surface area contributed by atoms with Crippen molar-refractivity contribution < 1.29 is 37.1 Å². The number of nitriles is 1. The van der Waals surface area contributed by atoms with Gasteiger partial charge in [0.15, 0.2) is 0 Å². The molecule has 2 aliphatic heterocycles. The third-order valence-electron chi connectivity index (χ3n) is 8.42. The molecule has 3 aromatic rings. The lowest BCUT2D eigenvalue weighted by Gasteiger charge is -2.41. The molecule has 1 unspecified atom stereocenters. The van der Waals surface area contributed by atoms with Crippen LogP contribution in [0.5, 0.6) is 0 Å². The number of aromatic amines is 1. The molecule has 1 fully saturated rings. The molecule has 15 heteroatoms. The highest BCUT2D eigenvalue weighted by molar-refractivity contribution is 5.93. The average Bonchev–Trinajstić information content (AvgIpc) is 3.41. The van der Waals surface area contributed by atoms with Crippen LogP contribution in [0.25, 0.3) is 0 Å². The van der Waals surface area contributed by atoms with E-state index in [0.717, 1.165) is 43.6 Å². The van der Waals surface area contributed by atoms with Crippen LogP contribution in [0.2, 0.25) is 0 Å². The van der Waals surface area contributed by atoms with Crippen molar-refractivity contribution in [3.05, 3.63) is 86.5 Å². The number of alkyl halides is 3. The molecule has 2 N–H and O–H groups in total. The zero-order valence-electron chi connectivity index (χ0n) is 25.7. The van der Waals surface area contributed by atoms with Crippen molar-refractivity contribution >= 4 is 24.1 Å². The molecule has 0 saturated carbocycles. The van der Waals surface area contributed by atoms with Gasteiger partial charge in [0.2, 0.25) is 5.95 Å². The van der Waals surface area contributed by atoms with Crippen LogP contribution in [-0.4, -0.2) is 72.0 Å². The molecular weight excluding hydrogens is 607 g/mol. The smallest absolute Gasteiger partial charge is 0.416 e. The number of aromatic nitrogens is 3. The predicted molar refractivity (Wildman–Crippen MR) is 158 cm³/mol. The third kappa shape index (κ3) is 6.68. The maximum Gasteiger partial charge on any atom is 0.416 e. The van der Waals surface area contributed by atoms with E-state index in [1.807, 2.05) is 0 Å². The number of ether oxygens (including phenoxy) is 1.